The Morgan fingerprint density at radius 3 is 2.77 bits per heavy atom. The van der Waals surface area contributed by atoms with Gasteiger partial charge < -0.3 is 4.74 Å². The second-order valence-corrected chi connectivity index (χ2v) is 8.90. The molecule has 0 saturated heterocycles. The molecule has 0 unspecified atom stereocenters. The molecular weight excluding hydrogens is 392 g/mol. The SMILES string of the molecule is CC(C)(C)OC(=O)N(Cc1cccs1)c1cc(Cl)nc2c(C=O)csc12. The average Bonchev–Trinajstić information content (AvgIpc) is 3.19. The zero-order valence-corrected chi connectivity index (χ0v) is 16.9. The van der Waals surface area contributed by atoms with Crippen LogP contribution in [-0.4, -0.2) is 23.0 Å². The number of thiophene rings is 2. The first kappa shape index (κ1) is 18.8. The molecule has 0 aliphatic carbocycles. The van der Waals surface area contributed by atoms with Crippen molar-refractivity contribution in [3.05, 3.63) is 44.6 Å². The first-order valence-corrected chi connectivity index (χ1v) is 9.98. The van der Waals surface area contributed by atoms with Gasteiger partial charge in [-0.2, -0.15) is 0 Å². The molecule has 0 spiro atoms. The van der Waals surface area contributed by atoms with Crippen LogP contribution in [0.25, 0.3) is 10.2 Å². The summed E-state index contributed by atoms with van der Waals surface area (Å²) in [7, 11) is 0. The molecule has 3 aromatic rings. The summed E-state index contributed by atoms with van der Waals surface area (Å²) >= 11 is 9.08. The molecule has 26 heavy (non-hydrogen) atoms. The second-order valence-electron chi connectivity index (χ2n) is 6.60. The van der Waals surface area contributed by atoms with Crippen molar-refractivity contribution < 1.29 is 14.3 Å². The number of nitrogens with zero attached hydrogens (tertiary/aromatic N) is 2. The summed E-state index contributed by atoms with van der Waals surface area (Å²) < 4.78 is 6.31. The van der Waals surface area contributed by atoms with Gasteiger partial charge in [0.1, 0.15) is 10.8 Å². The Labute approximate surface area is 164 Å². The zero-order valence-electron chi connectivity index (χ0n) is 14.5. The number of ether oxygens (including phenoxy) is 1. The highest BCUT2D eigenvalue weighted by atomic mass is 35.5. The van der Waals surface area contributed by atoms with E-state index in [1.165, 1.54) is 16.2 Å². The van der Waals surface area contributed by atoms with E-state index in [0.717, 1.165) is 15.9 Å². The molecule has 0 aliphatic rings. The number of hydrogen-bond acceptors (Lipinski definition) is 6. The highest BCUT2D eigenvalue weighted by Gasteiger charge is 2.27. The van der Waals surface area contributed by atoms with Gasteiger partial charge in [0.05, 0.1) is 28.0 Å². The molecule has 8 heteroatoms. The van der Waals surface area contributed by atoms with Gasteiger partial charge in [-0.25, -0.2) is 9.78 Å². The van der Waals surface area contributed by atoms with E-state index in [-0.39, 0.29) is 5.15 Å². The van der Waals surface area contributed by atoms with Gasteiger partial charge in [0.2, 0.25) is 0 Å². The van der Waals surface area contributed by atoms with Crippen molar-refractivity contribution >= 4 is 62.6 Å². The molecule has 3 heterocycles. The molecule has 0 atom stereocenters. The largest absolute Gasteiger partial charge is 0.443 e. The quantitative estimate of drug-likeness (QED) is 0.406. The van der Waals surface area contributed by atoms with Crippen molar-refractivity contribution in [2.24, 2.45) is 0 Å². The van der Waals surface area contributed by atoms with E-state index >= 15 is 0 Å². The average molecular weight is 409 g/mol. The molecule has 3 rings (SSSR count). The van der Waals surface area contributed by atoms with Crippen molar-refractivity contribution in [3.8, 4) is 0 Å². The van der Waals surface area contributed by atoms with Gasteiger partial charge in [0.15, 0.2) is 6.29 Å². The number of anilines is 1. The monoisotopic (exact) mass is 408 g/mol. The summed E-state index contributed by atoms with van der Waals surface area (Å²) in [5.41, 5.74) is 0.895. The Morgan fingerprint density at radius 1 is 1.38 bits per heavy atom. The lowest BCUT2D eigenvalue weighted by atomic mass is 10.2. The number of carbonyl (C=O) groups is 2. The number of carbonyl (C=O) groups excluding carboxylic acids is 2. The van der Waals surface area contributed by atoms with Crippen LogP contribution in [0.3, 0.4) is 0 Å². The first-order valence-electron chi connectivity index (χ1n) is 7.84. The van der Waals surface area contributed by atoms with Gasteiger partial charge in [-0.15, -0.1) is 22.7 Å². The standard InChI is InChI=1S/C18H17ClN2O3S2/c1-18(2,3)24-17(23)21(8-12-5-4-6-25-12)13-7-14(19)20-15-11(9-22)10-26-16(13)15/h4-7,9-10H,8H2,1-3H3. The Balaban J connectivity index is 2.11. The smallest absolute Gasteiger partial charge is 0.415 e. The van der Waals surface area contributed by atoms with E-state index in [1.807, 2.05) is 38.3 Å². The molecule has 0 bridgehead atoms. The maximum absolute atomic E-state index is 12.9. The molecule has 0 fully saturated rings. The number of rotatable bonds is 4. The molecular formula is C18H17ClN2O3S2. The van der Waals surface area contributed by atoms with Crippen molar-refractivity contribution in [2.45, 2.75) is 32.9 Å². The number of halogens is 1. The minimum absolute atomic E-state index is 0.216. The lowest BCUT2D eigenvalue weighted by molar-refractivity contribution is 0.0578. The van der Waals surface area contributed by atoms with Crippen LogP contribution >= 0.6 is 34.3 Å². The van der Waals surface area contributed by atoms with E-state index in [2.05, 4.69) is 4.98 Å². The number of hydrogen-bond donors (Lipinski definition) is 0. The highest BCUT2D eigenvalue weighted by molar-refractivity contribution is 7.18. The summed E-state index contributed by atoms with van der Waals surface area (Å²) in [6.07, 6.45) is 0.263. The number of aromatic nitrogens is 1. The first-order chi connectivity index (χ1) is 12.3. The third-order valence-electron chi connectivity index (χ3n) is 3.43. The van der Waals surface area contributed by atoms with Crippen LogP contribution in [0.15, 0.2) is 29.0 Å². The van der Waals surface area contributed by atoms with Crippen molar-refractivity contribution in [1.82, 2.24) is 4.98 Å². The number of fused-ring (bicyclic) bond motifs is 1. The van der Waals surface area contributed by atoms with Crippen molar-refractivity contribution in [1.29, 1.82) is 0 Å². The molecule has 0 aromatic carbocycles. The Hall–Kier alpha value is -1.96. The van der Waals surface area contributed by atoms with Crippen molar-refractivity contribution in [3.63, 3.8) is 0 Å². The van der Waals surface area contributed by atoms with Crippen LogP contribution in [0.4, 0.5) is 10.5 Å². The van der Waals surface area contributed by atoms with Gasteiger partial charge in [-0.3, -0.25) is 9.69 Å². The lowest BCUT2D eigenvalue weighted by Gasteiger charge is -2.27. The topological polar surface area (TPSA) is 59.5 Å². The second kappa shape index (κ2) is 7.34. The fourth-order valence-corrected chi connectivity index (χ4v) is 4.24. The third-order valence-corrected chi connectivity index (χ3v) is 5.49. The number of aldehydes is 1. The van der Waals surface area contributed by atoms with Crippen molar-refractivity contribution in [2.75, 3.05) is 4.90 Å². The van der Waals surface area contributed by atoms with Gasteiger partial charge in [0, 0.05) is 16.3 Å². The maximum Gasteiger partial charge on any atom is 0.415 e. The molecule has 5 nitrogen and oxygen atoms in total. The van der Waals surface area contributed by atoms with Crippen LogP contribution < -0.4 is 4.90 Å². The fraction of sp³-hybridized carbons (Fsp3) is 0.278. The van der Waals surface area contributed by atoms with E-state index in [9.17, 15) is 9.59 Å². The Morgan fingerprint density at radius 2 is 2.15 bits per heavy atom. The third kappa shape index (κ3) is 4.06. The fourth-order valence-electron chi connectivity index (χ4n) is 2.39. The molecule has 0 N–H and O–H groups in total. The zero-order chi connectivity index (χ0) is 18.9. The highest BCUT2D eigenvalue weighted by Crippen LogP contribution is 2.36. The van der Waals surface area contributed by atoms with E-state index < -0.39 is 11.7 Å². The van der Waals surface area contributed by atoms with Crippen LogP contribution in [0.2, 0.25) is 5.15 Å². The van der Waals surface area contributed by atoms with E-state index in [1.54, 1.807) is 22.8 Å². The molecule has 0 saturated carbocycles. The van der Waals surface area contributed by atoms with Gasteiger partial charge in [-0.05, 0) is 32.2 Å². The van der Waals surface area contributed by atoms with Gasteiger partial charge in [0.25, 0.3) is 0 Å². The number of amides is 1. The van der Waals surface area contributed by atoms with Crippen LogP contribution in [0.1, 0.15) is 36.0 Å². The molecule has 0 radical (unpaired) electrons. The van der Waals surface area contributed by atoms with Crippen LogP contribution in [-0.2, 0) is 11.3 Å². The van der Waals surface area contributed by atoms with Crippen LogP contribution in [0.5, 0.6) is 0 Å². The van der Waals surface area contributed by atoms with Gasteiger partial charge >= 0.3 is 6.09 Å². The molecule has 0 aliphatic heterocycles. The minimum atomic E-state index is -0.635. The summed E-state index contributed by atoms with van der Waals surface area (Å²) in [4.78, 5) is 31.0. The summed E-state index contributed by atoms with van der Waals surface area (Å²) in [5.74, 6) is 0. The molecule has 1 amide bonds. The van der Waals surface area contributed by atoms with Gasteiger partial charge in [-0.1, -0.05) is 17.7 Å². The predicted molar refractivity (Wildman–Crippen MR) is 107 cm³/mol. The summed E-state index contributed by atoms with van der Waals surface area (Å²) in [5, 5.41) is 3.88. The lowest BCUT2D eigenvalue weighted by Crippen LogP contribution is -2.36. The molecule has 136 valence electrons. The number of pyridine rings is 1. The summed E-state index contributed by atoms with van der Waals surface area (Å²) in [6, 6.07) is 5.51. The minimum Gasteiger partial charge on any atom is -0.443 e. The Bertz CT molecular complexity index is 945. The van der Waals surface area contributed by atoms with Crippen LogP contribution in [0, 0.1) is 0 Å². The summed E-state index contributed by atoms with van der Waals surface area (Å²) in [6.45, 7) is 5.80. The predicted octanol–water partition coefficient (Wildman–Crippen LogP) is 5.77. The molecule has 3 aromatic heterocycles. The van der Waals surface area contributed by atoms with E-state index in [0.29, 0.717) is 23.3 Å². The van der Waals surface area contributed by atoms with E-state index in [4.69, 9.17) is 16.3 Å². The normalized spacial score (nSPS) is 11.5. The Kier molecular flexibility index (Phi) is 5.32. The maximum atomic E-state index is 12.9.